The second-order valence-electron chi connectivity index (χ2n) is 7.00. The predicted octanol–water partition coefficient (Wildman–Crippen LogP) is 3.45. The van der Waals surface area contributed by atoms with Crippen molar-refractivity contribution in [3.8, 4) is 0 Å². The third-order valence-electron chi connectivity index (χ3n) is 4.82. The number of hydrogen-bond acceptors (Lipinski definition) is 5. The van der Waals surface area contributed by atoms with Crippen LogP contribution in [0.4, 0.5) is 0 Å². The number of carbonyl (C=O) groups excluding carboxylic acids is 1. The van der Waals surface area contributed by atoms with Gasteiger partial charge in [0.25, 0.3) is 0 Å². The SMILES string of the molecule is C[C@@H](NC(=O)CN(Cc1ccco1)[C@H]1CCS(=O)(=O)C1)c1ccc(Cl)cc1Cl. The maximum Gasteiger partial charge on any atom is 0.234 e. The Labute approximate surface area is 174 Å². The Hall–Kier alpha value is -1.54. The highest BCUT2D eigenvalue weighted by molar-refractivity contribution is 7.91. The van der Waals surface area contributed by atoms with Crippen LogP contribution in [0.2, 0.25) is 10.0 Å². The number of sulfone groups is 1. The molecule has 1 fully saturated rings. The standard InChI is InChI=1S/C19H22Cl2N2O4S/c1-13(17-5-4-14(20)9-18(17)21)22-19(24)11-23(10-16-3-2-7-27-16)15-6-8-28(25,26)12-15/h2-5,7,9,13,15H,6,8,10-12H2,1H3,(H,22,24)/t13-,15+/m1/s1. The van der Waals surface area contributed by atoms with Gasteiger partial charge in [0.1, 0.15) is 5.76 Å². The molecule has 2 aromatic rings. The van der Waals surface area contributed by atoms with Crippen molar-refractivity contribution in [3.63, 3.8) is 0 Å². The van der Waals surface area contributed by atoms with Crippen molar-refractivity contribution in [2.45, 2.75) is 32.0 Å². The largest absolute Gasteiger partial charge is 0.468 e. The molecular formula is C19H22Cl2N2O4S. The molecule has 0 aliphatic carbocycles. The minimum atomic E-state index is -3.06. The summed E-state index contributed by atoms with van der Waals surface area (Å²) in [6, 6.07) is 8.19. The Morgan fingerprint density at radius 1 is 1.36 bits per heavy atom. The molecule has 1 N–H and O–H groups in total. The first kappa shape index (κ1) is 21.2. The molecule has 1 amide bonds. The van der Waals surface area contributed by atoms with Crippen LogP contribution in [-0.4, -0.2) is 43.3 Å². The predicted molar refractivity (Wildman–Crippen MR) is 109 cm³/mol. The molecule has 0 bridgehead atoms. The molecule has 0 radical (unpaired) electrons. The minimum absolute atomic E-state index is 0.0551. The fourth-order valence-corrected chi connectivity index (χ4v) is 5.72. The van der Waals surface area contributed by atoms with Crippen molar-refractivity contribution in [3.05, 3.63) is 58.0 Å². The van der Waals surface area contributed by atoms with E-state index in [0.29, 0.717) is 28.8 Å². The fourth-order valence-electron chi connectivity index (χ4n) is 3.38. The number of furan rings is 1. The molecule has 3 rings (SSSR count). The molecular weight excluding hydrogens is 423 g/mol. The first-order valence-electron chi connectivity index (χ1n) is 8.94. The van der Waals surface area contributed by atoms with E-state index in [9.17, 15) is 13.2 Å². The summed E-state index contributed by atoms with van der Waals surface area (Å²) in [4.78, 5) is 14.5. The van der Waals surface area contributed by atoms with E-state index in [-0.39, 0.29) is 36.0 Å². The third kappa shape index (κ3) is 5.50. The summed E-state index contributed by atoms with van der Waals surface area (Å²) in [5, 5.41) is 3.93. The third-order valence-corrected chi connectivity index (χ3v) is 7.13. The van der Waals surface area contributed by atoms with E-state index >= 15 is 0 Å². The van der Waals surface area contributed by atoms with Gasteiger partial charge in [-0.25, -0.2) is 8.42 Å². The Kier molecular flexibility index (Phi) is 6.70. The van der Waals surface area contributed by atoms with Crippen LogP contribution in [0, 0.1) is 0 Å². The van der Waals surface area contributed by atoms with E-state index in [4.69, 9.17) is 27.6 Å². The van der Waals surface area contributed by atoms with Gasteiger partial charge in [0.2, 0.25) is 5.91 Å². The average molecular weight is 445 g/mol. The van der Waals surface area contributed by atoms with Crippen molar-refractivity contribution >= 4 is 38.9 Å². The van der Waals surface area contributed by atoms with Gasteiger partial charge in [0, 0.05) is 16.1 Å². The number of nitrogens with zero attached hydrogens (tertiary/aromatic N) is 1. The van der Waals surface area contributed by atoms with Gasteiger partial charge in [-0.2, -0.15) is 0 Å². The summed E-state index contributed by atoms with van der Waals surface area (Å²) in [5.41, 5.74) is 0.764. The molecule has 28 heavy (non-hydrogen) atoms. The lowest BCUT2D eigenvalue weighted by molar-refractivity contribution is -0.123. The van der Waals surface area contributed by atoms with E-state index in [2.05, 4.69) is 5.32 Å². The number of amides is 1. The zero-order chi connectivity index (χ0) is 20.3. The van der Waals surface area contributed by atoms with Gasteiger partial charge in [0.05, 0.1) is 36.9 Å². The Bertz CT molecular complexity index is 931. The molecule has 1 aliphatic rings. The van der Waals surface area contributed by atoms with Gasteiger partial charge in [-0.15, -0.1) is 0 Å². The summed E-state index contributed by atoms with van der Waals surface area (Å²) >= 11 is 12.1. The van der Waals surface area contributed by atoms with Gasteiger partial charge in [-0.05, 0) is 43.2 Å². The number of hydrogen-bond donors (Lipinski definition) is 1. The topological polar surface area (TPSA) is 79.6 Å². The molecule has 0 spiro atoms. The lowest BCUT2D eigenvalue weighted by Crippen LogP contribution is -2.43. The molecule has 9 heteroatoms. The molecule has 1 aromatic carbocycles. The second-order valence-corrected chi connectivity index (χ2v) is 10.1. The fraction of sp³-hybridized carbons (Fsp3) is 0.421. The zero-order valence-electron chi connectivity index (χ0n) is 15.4. The lowest BCUT2D eigenvalue weighted by Gasteiger charge is -2.27. The first-order chi connectivity index (χ1) is 13.2. The second kappa shape index (κ2) is 8.86. The van der Waals surface area contributed by atoms with Crippen molar-refractivity contribution in [1.29, 1.82) is 0 Å². The molecule has 1 saturated heterocycles. The minimum Gasteiger partial charge on any atom is -0.468 e. The summed E-state index contributed by atoms with van der Waals surface area (Å²) in [6.07, 6.45) is 2.07. The first-order valence-corrected chi connectivity index (χ1v) is 11.5. The van der Waals surface area contributed by atoms with E-state index in [1.165, 1.54) is 0 Å². The molecule has 6 nitrogen and oxygen atoms in total. The number of benzene rings is 1. The molecule has 1 aliphatic heterocycles. The Morgan fingerprint density at radius 3 is 2.75 bits per heavy atom. The van der Waals surface area contributed by atoms with Crippen LogP contribution >= 0.6 is 23.2 Å². The summed E-state index contributed by atoms with van der Waals surface area (Å²) < 4.78 is 29.2. The van der Waals surface area contributed by atoms with Gasteiger partial charge in [-0.1, -0.05) is 29.3 Å². The monoisotopic (exact) mass is 444 g/mol. The normalized spacial score (nSPS) is 19.6. The molecule has 0 unspecified atom stereocenters. The molecule has 1 aromatic heterocycles. The van der Waals surface area contributed by atoms with Gasteiger partial charge >= 0.3 is 0 Å². The average Bonchev–Trinajstić information content (AvgIpc) is 3.23. The van der Waals surface area contributed by atoms with E-state index in [0.717, 1.165) is 5.56 Å². The Balaban J connectivity index is 1.68. The lowest BCUT2D eigenvalue weighted by atomic mass is 10.1. The Morgan fingerprint density at radius 2 is 2.14 bits per heavy atom. The van der Waals surface area contributed by atoms with Crippen molar-refractivity contribution in [2.24, 2.45) is 0 Å². The number of carbonyl (C=O) groups is 1. The number of nitrogens with one attached hydrogen (secondary N) is 1. The summed E-state index contributed by atoms with van der Waals surface area (Å²) in [7, 11) is -3.06. The van der Waals surface area contributed by atoms with Gasteiger partial charge < -0.3 is 9.73 Å². The van der Waals surface area contributed by atoms with E-state index in [1.54, 1.807) is 30.5 Å². The highest BCUT2D eigenvalue weighted by Crippen LogP contribution is 2.26. The van der Waals surface area contributed by atoms with Crippen LogP contribution in [0.1, 0.15) is 30.7 Å². The number of halogens is 2. The van der Waals surface area contributed by atoms with Crippen LogP contribution in [-0.2, 0) is 21.2 Å². The van der Waals surface area contributed by atoms with Crippen LogP contribution in [0.3, 0.4) is 0 Å². The molecule has 0 saturated carbocycles. The van der Waals surface area contributed by atoms with E-state index in [1.807, 2.05) is 17.9 Å². The molecule has 2 heterocycles. The van der Waals surface area contributed by atoms with Crippen molar-refractivity contribution in [2.75, 3.05) is 18.1 Å². The van der Waals surface area contributed by atoms with Crippen LogP contribution in [0.15, 0.2) is 41.0 Å². The van der Waals surface area contributed by atoms with Crippen LogP contribution in [0.5, 0.6) is 0 Å². The van der Waals surface area contributed by atoms with Crippen molar-refractivity contribution < 1.29 is 17.6 Å². The molecule has 152 valence electrons. The quantitative estimate of drug-likeness (QED) is 0.706. The smallest absolute Gasteiger partial charge is 0.234 e. The zero-order valence-corrected chi connectivity index (χ0v) is 17.7. The number of rotatable bonds is 7. The van der Waals surface area contributed by atoms with Crippen molar-refractivity contribution in [1.82, 2.24) is 10.2 Å². The highest BCUT2D eigenvalue weighted by Gasteiger charge is 2.33. The summed E-state index contributed by atoms with van der Waals surface area (Å²) in [5.74, 6) is 0.671. The van der Waals surface area contributed by atoms with Gasteiger partial charge in [-0.3, -0.25) is 9.69 Å². The van der Waals surface area contributed by atoms with Crippen LogP contribution < -0.4 is 5.32 Å². The maximum absolute atomic E-state index is 12.7. The molecule has 2 atom stereocenters. The highest BCUT2D eigenvalue weighted by atomic mass is 35.5. The van der Waals surface area contributed by atoms with E-state index < -0.39 is 9.84 Å². The van der Waals surface area contributed by atoms with Gasteiger partial charge in [0.15, 0.2) is 9.84 Å². The summed E-state index contributed by atoms with van der Waals surface area (Å²) in [6.45, 7) is 2.27. The maximum atomic E-state index is 12.7. The van der Waals surface area contributed by atoms with Crippen LogP contribution in [0.25, 0.3) is 0 Å².